The third-order valence-electron chi connectivity index (χ3n) is 1.33. The van der Waals surface area contributed by atoms with Crippen LogP contribution in [0.3, 0.4) is 0 Å². The first-order chi connectivity index (χ1) is 6.25. The fraction of sp³-hybridized carbons (Fsp3) is 0. The van der Waals surface area contributed by atoms with Gasteiger partial charge in [0.2, 0.25) is 0 Å². The predicted octanol–water partition coefficient (Wildman–Crippen LogP) is 3.55. The lowest BCUT2D eigenvalue weighted by atomic mass is 10.3. The molecule has 8 heteroatoms. The summed E-state index contributed by atoms with van der Waals surface area (Å²) in [5.74, 6) is 0. The van der Waals surface area contributed by atoms with E-state index < -0.39 is 15.0 Å². The van der Waals surface area contributed by atoms with Gasteiger partial charge in [-0.1, -0.05) is 46.4 Å². The molecule has 1 rings (SSSR count). The van der Waals surface area contributed by atoms with Crippen LogP contribution in [-0.2, 0) is 10.1 Å². The fourth-order valence-electron chi connectivity index (χ4n) is 0.778. The van der Waals surface area contributed by atoms with E-state index in [0.717, 1.165) is 0 Å². The van der Waals surface area contributed by atoms with Crippen LogP contribution in [0.15, 0.2) is 11.0 Å². The number of halogens is 4. The number of hydrogen-bond acceptors (Lipinski definition) is 2. The molecule has 3 nitrogen and oxygen atoms in total. The second kappa shape index (κ2) is 4.04. The van der Waals surface area contributed by atoms with Gasteiger partial charge in [0.15, 0.2) is 0 Å². The Kier molecular flexibility index (Phi) is 3.57. The van der Waals surface area contributed by atoms with Crippen LogP contribution in [-0.4, -0.2) is 13.0 Å². The lowest BCUT2D eigenvalue weighted by Gasteiger charge is -2.06. The Balaban J connectivity index is 3.74. The Labute approximate surface area is 100 Å². The van der Waals surface area contributed by atoms with Crippen LogP contribution in [0.25, 0.3) is 0 Å². The maximum Gasteiger partial charge on any atom is 0.297 e. The molecule has 0 spiro atoms. The van der Waals surface area contributed by atoms with E-state index in [-0.39, 0.29) is 20.1 Å². The highest BCUT2D eigenvalue weighted by atomic mass is 35.5. The molecule has 78 valence electrons. The van der Waals surface area contributed by atoms with Gasteiger partial charge in [-0.2, -0.15) is 8.42 Å². The minimum Gasteiger partial charge on any atom is -0.282 e. The van der Waals surface area contributed by atoms with E-state index in [2.05, 4.69) is 0 Å². The first-order valence-corrected chi connectivity index (χ1v) is 6.01. The van der Waals surface area contributed by atoms with Crippen molar-refractivity contribution in [3.8, 4) is 0 Å². The number of rotatable bonds is 1. The monoisotopic (exact) mass is 294 g/mol. The zero-order chi connectivity index (χ0) is 11.1. The minimum atomic E-state index is -4.54. The van der Waals surface area contributed by atoms with Crippen molar-refractivity contribution in [2.24, 2.45) is 0 Å². The maximum atomic E-state index is 10.8. The largest absolute Gasteiger partial charge is 0.297 e. The normalized spacial score (nSPS) is 11.8. The standard InChI is InChI=1S/C6H2Cl4O3S/c7-2-1-3(8)5(10)6(4(2)9)14(11,12)13/h1H,(H,11,12,13). The molecular formula is C6H2Cl4O3S. The first kappa shape index (κ1) is 12.4. The maximum absolute atomic E-state index is 10.8. The second-order valence-electron chi connectivity index (χ2n) is 2.27. The van der Waals surface area contributed by atoms with Gasteiger partial charge < -0.3 is 0 Å². The van der Waals surface area contributed by atoms with E-state index in [1.54, 1.807) is 0 Å². The summed E-state index contributed by atoms with van der Waals surface area (Å²) in [6.45, 7) is 0. The van der Waals surface area contributed by atoms with Crippen LogP contribution in [0.1, 0.15) is 0 Å². The van der Waals surface area contributed by atoms with Gasteiger partial charge in [-0.3, -0.25) is 4.55 Å². The molecule has 1 aromatic carbocycles. The van der Waals surface area contributed by atoms with E-state index in [9.17, 15) is 8.42 Å². The van der Waals surface area contributed by atoms with Crippen LogP contribution < -0.4 is 0 Å². The molecule has 0 atom stereocenters. The SMILES string of the molecule is O=S(=O)(O)c1c(Cl)c(Cl)cc(Cl)c1Cl. The van der Waals surface area contributed by atoms with Crippen molar-refractivity contribution in [3.05, 3.63) is 26.2 Å². The average molecular weight is 296 g/mol. The quantitative estimate of drug-likeness (QED) is 0.637. The molecule has 0 bridgehead atoms. The van der Waals surface area contributed by atoms with Crippen LogP contribution in [0, 0.1) is 0 Å². The zero-order valence-corrected chi connectivity index (χ0v) is 10.1. The van der Waals surface area contributed by atoms with Crippen molar-refractivity contribution in [3.63, 3.8) is 0 Å². The Bertz CT molecular complexity index is 456. The van der Waals surface area contributed by atoms with Gasteiger partial charge in [-0.05, 0) is 6.07 Å². The lowest BCUT2D eigenvalue weighted by Crippen LogP contribution is -2.01. The molecule has 0 unspecified atom stereocenters. The third-order valence-corrected chi connectivity index (χ3v) is 4.05. The summed E-state index contributed by atoms with van der Waals surface area (Å²) in [6.07, 6.45) is 0. The van der Waals surface area contributed by atoms with Crippen molar-refractivity contribution >= 4 is 56.5 Å². The molecule has 14 heavy (non-hydrogen) atoms. The number of hydrogen-bond donors (Lipinski definition) is 1. The summed E-state index contributed by atoms with van der Waals surface area (Å²) >= 11 is 22.2. The van der Waals surface area contributed by atoms with Crippen molar-refractivity contribution in [1.82, 2.24) is 0 Å². The first-order valence-electron chi connectivity index (χ1n) is 3.05. The summed E-state index contributed by atoms with van der Waals surface area (Å²) in [7, 11) is -4.54. The van der Waals surface area contributed by atoms with Gasteiger partial charge >= 0.3 is 0 Å². The summed E-state index contributed by atoms with van der Waals surface area (Å²) in [5.41, 5.74) is 0. The van der Waals surface area contributed by atoms with Gasteiger partial charge in [-0.15, -0.1) is 0 Å². The third kappa shape index (κ3) is 2.27. The molecule has 0 aliphatic rings. The molecule has 0 heterocycles. The minimum absolute atomic E-state index is 0.103. The van der Waals surface area contributed by atoms with E-state index in [1.807, 2.05) is 0 Å². The molecule has 0 saturated carbocycles. The van der Waals surface area contributed by atoms with Gasteiger partial charge in [0.1, 0.15) is 4.90 Å². The van der Waals surface area contributed by atoms with E-state index in [4.69, 9.17) is 51.0 Å². The second-order valence-corrected chi connectivity index (χ2v) is 5.20. The van der Waals surface area contributed by atoms with Gasteiger partial charge in [-0.25, -0.2) is 0 Å². The zero-order valence-electron chi connectivity index (χ0n) is 6.26. The molecule has 0 fully saturated rings. The highest BCUT2D eigenvalue weighted by Crippen LogP contribution is 2.39. The molecule has 1 N–H and O–H groups in total. The highest BCUT2D eigenvalue weighted by Gasteiger charge is 2.23. The van der Waals surface area contributed by atoms with Crippen LogP contribution >= 0.6 is 46.4 Å². The molecule has 0 saturated heterocycles. The summed E-state index contributed by atoms with van der Waals surface area (Å²) in [5, 5.41) is -0.922. The van der Waals surface area contributed by atoms with Crippen LogP contribution in [0.4, 0.5) is 0 Å². The fourth-order valence-corrected chi connectivity index (χ4v) is 2.96. The Hall–Kier alpha value is 0.290. The van der Waals surface area contributed by atoms with E-state index in [0.29, 0.717) is 0 Å². The average Bonchev–Trinajstić information content (AvgIpc) is 1.98. The smallest absolute Gasteiger partial charge is 0.282 e. The summed E-state index contributed by atoms with van der Waals surface area (Å²) < 4.78 is 30.5. The van der Waals surface area contributed by atoms with Gasteiger partial charge in [0, 0.05) is 0 Å². The Morgan fingerprint density at radius 1 is 1.00 bits per heavy atom. The van der Waals surface area contributed by atoms with Crippen molar-refractivity contribution in [1.29, 1.82) is 0 Å². The molecule has 0 radical (unpaired) electrons. The number of benzene rings is 1. The Morgan fingerprint density at radius 3 is 1.64 bits per heavy atom. The van der Waals surface area contributed by atoms with Crippen molar-refractivity contribution < 1.29 is 13.0 Å². The van der Waals surface area contributed by atoms with Crippen molar-refractivity contribution in [2.45, 2.75) is 4.90 Å². The molecule has 0 aliphatic carbocycles. The molecule has 0 aromatic heterocycles. The molecular weight excluding hydrogens is 294 g/mol. The van der Waals surface area contributed by atoms with E-state index in [1.165, 1.54) is 6.07 Å². The Morgan fingerprint density at radius 2 is 1.36 bits per heavy atom. The lowest BCUT2D eigenvalue weighted by molar-refractivity contribution is 0.483. The molecule has 1 aromatic rings. The topological polar surface area (TPSA) is 54.4 Å². The van der Waals surface area contributed by atoms with Crippen molar-refractivity contribution in [2.75, 3.05) is 0 Å². The van der Waals surface area contributed by atoms with Gasteiger partial charge in [0.25, 0.3) is 10.1 Å². The van der Waals surface area contributed by atoms with E-state index >= 15 is 0 Å². The summed E-state index contributed by atoms with van der Waals surface area (Å²) in [6, 6.07) is 1.18. The molecule has 0 aliphatic heterocycles. The highest BCUT2D eigenvalue weighted by molar-refractivity contribution is 7.86. The summed E-state index contributed by atoms with van der Waals surface area (Å²) in [4.78, 5) is -0.682. The van der Waals surface area contributed by atoms with Crippen LogP contribution in [0.2, 0.25) is 20.1 Å². The molecule has 0 amide bonds. The van der Waals surface area contributed by atoms with Gasteiger partial charge in [0.05, 0.1) is 20.1 Å². The predicted molar refractivity (Wildman–Crippen MR) is 56.3 cm³/mol. The van der Waals surface area contributed by atoms with Crippen LogP contribution in [0.5, 0.6) is 0 Å².